The third-order valence-corrected chi connectivity index (χ3v) is 5.33. The van der Waals surface area contributed by atoms with E-state index in [2.05, 4.69) is 15.7 Å². The van der Waals surface area contributed by atoms with E-state index in [1.54, 1.807) is 36.4 Å². The Morgan fingerprint density at radius 2 is 1.90 bits per heavy atom. The molecule has 31 heavy (non-hydrogen) atoms. The molecule has 6 nitrogen and oxygen atoms in total. The normalized spacial score (nSPS) is 18.1. The summed E-state index contributed by atoms with van der Waals surface area (Å²) in [5.41, 5.74) is 2.02. The molecule has 2 unspecified atom stereocenters. The van der Waals surface area contributed by atoms with Gasteiger partial charge in [0.15, 0.2) is 11.7 Å². The van der Waals surface area contributed by atoms with E-state index >= 15 is 0 Å². The Labute approximate surface area is 177 Å². The highest BCUT2D eigenvalue weighted by atomic mass is 19.4. The Morgan fingerprint density at radius 3 is 2.55 bits per heavy atom. The molecule has 0 saturated heterocycles. The topological polar surface area (TPSA) is 68.2 Å². The van der Waals surface area contributed by atoms with Crippen LogP contribution in [0.4, 0.5) is 24.7 Å². The predicted octanol–water partition coefficient (Wildman–Crippen LogP) is 5.11. The molecule has 3 aromatic rings. The SMILES string of the molecule is COc1ccc(C2CC(C(F)(F)F)n3nc(C(=O)Nc4ccccc4C)cc3N2)cc1. The van der Waals surface area contributed by atoms with Crippen LogP contribution in [0.3, 0.4) is 0 Å². The van der Waals surface area contributed by atoms with Gasteiger partial charge in [-0.1, -0.05) is 30.3 Å². The van der Waals surface area contributed by atoms with Gasteiger partial charge in [-0.05, 0) is 36.2 Å². The van der Waals surface area contributed by atoms with Crippen LogP contribution in [0.5, 0.6) is 5.75 Å². The summed E-state index contributed by atoms with van der Waals surface area (Å²) >= 11 is 0. The molecule has 0 spiro atoms. The minimum Gasteiger partial charge on any atom is -0.497 e. The average molecular weight is 430 g/mol. The van der Waals surface area contributed by atoms with Crippen molar-refractivity contribution in [3.05, 3.63) is 71.4 Å². The van der Waals surface area contributed by atoms with E-state index in [9.17, 15) is 18.0 Å². The van der Waals surface area contributed by atoms with E-state index in [-0.39, 0.29) is 17.9 Å². The first kappa shape index (κ1) is 20.8. The zero-order chi connectivity index (χ0) is 22.2. The maximum atomic E-state index is 13.8. The lowest BCUT2D eigenvalue weighted by atomic mass is 9.97. The van der Waals surface area contributed by atoms with Gasteiger partial charge in [0.05, 0.1) is 13.2 Å². The van der Waals surface area contributed by atoms with E-state index < -0.39 is 24.2 Å². The molecule has 0 aliphatic carbocycles. The number of aromatic nitrogens is 2. The van der Waals surface area contributed by atoms with Crippen LogP contribution in [0, 0.1) is 6.92 Å². The van der Waals surface area contributed by atoms with Crippen LogP contribution in [0.2, 0.25) is 0 Å². The molecular formula is C22H21F3N4O2. The first-order valence-electron chi connectivity index (χ1n) is 9.70. The quantitative estimate of drug-likeness (QED) is 0.603. The third-order valence-electron chi connectivity index (χ3n) is 5.33. The fourth-order valence-corrected chi connectivity index (χ4v) is 3.64. The van der Waals surface area contributed by atoms with Crippen molar-refractivity contribution in [2.24, 2.45) is 0 Å². The number of hydrogen-bond donors (Lipinski definition) is 2. The molecular weight excluding hydrogens is 409 g/mol. The number of nitrogens with zero attached hydrogens (tertiary/aromatic N) is 2. The molecule has 2 heterocycles. The number of hydrogen-bond acceptors (Lipinski definition) is 4. The van der Waals surface area contributed by atoms with E-state index in [4.69, 9.17) is 4.74 Å². The summed E-state index contributed by atoms with van der Waals surface area (Å²) in [6.07, 6.45) is -4.76. The molecule has 0 fully saturated rings. The number of methoxy groups -OCH3 is 1. The molecule has 162 valence electrons. The number of carbonyl (C=O) groups is 1. The lowest BCUT2D eigenvalue weighted by molar-refractivity contribution is -0.173. The van der Waals surface area contributed by atoms with E-state index in [1.165, 1.54) is 13.2 Å². The van der Waals surface area contributed by atoms with Gasteiger partial charge in [0.2, 0.25) is 0 Å². The number of anilines is 2. The number of benzene rings is 2. The molecule has 4 rings (SSSR count). The number of amides is 1. The number of halogens is 3. The number of ether oxygens (including phenoxy) is 1. The zero-order valence-electron chi connectivity index (χ0n) is 16.9. The number of rotatable bonds is 4. The van der Waals surface area contributed by atoms with Crippen molar-refractivity contribution in [1.82, 2.24) is 9.78 Å². The number of aryl methyl sites for hydroxylation is 1. The third kappa shape index (κ3) is 4.21. The highest BCUT2D eigenvalue weighted by Gasteiger charge is 2.46. The van der Waals surface area contributed by atoms with Gasteiger partial charge in [-0.25, -0.2) is 4.68 Å². The fourth-order valence-electron chi connectivity index (χ4n) is 3.64. The van der Waals surface area contributed by atoms with Crippen molar-refractivity contribution in [3.8, 4) is 5.75 Å². The summed E-state index contributed by atoms with van der Waals surface area (Å²) in [4.78, 5) is 12.7. The first-order chi connectivity index (χ1) is 14.8. The van der Waals surface area contributed by atoms with Crippen LogP contribution < -0.4 is 15.4 Å². The molecule has 2 atom stereocenters. The Kier molecular flexibility index (Phi) is 5.34. The van der Waals surface area contributed by atoms with Crippen LogP contribution in [0.1, 0.15) is 40.1 Å². The molecule has 0 bridgehead atoms. The second-order valence-electron chi connectivity index (χ2n) is 7.39. The number of nitrogens with one attached hydrogen (secondary N) is 2. The van der Waals surface area contributed by atoms with Crippen molar-refractivity contribution in [2.75, 3.05) is 17.7 Å². The summed E-state index contributed by atoms with van der Waals surface area (Å²) in [6.45, 7) is 1.83. The van der Waals surface area contributed by atoms with Crippen molar-refractivity contribution < 1.29 is 22.7 Å². The van der Waals surface area contributed by atoms with Crippen LogP contribution in [-0.2, 0) is 0 Å². The van der Waals surface area contributed by atoms with Crippen molar-refractivity contribution in [3.63, 3.8) is 0 Å². The second-order valence-corrected chi connectivity index (χ2v) is 7.39. The summed E-state index contributed by atoms with van der Waals surface area (Å²) in [7, 11) is 1.52. The summed E-state index contributed by atoms with van der Waals surface area (Å²) < 4.78 is 47.5. The largest absolute Gasteiger partial charge is 0.497 e. The molecule has 0 saturated carbocycles. The lowest BCUT2D eigenvalue weighted by Gasteiger charge is -2.33. The van der Waals surface area contributed by atoms with Gasteiger partial charge >= 0.3 is 6.18 Å². The van der Waals surface area contributed by atoms with Gasteiger partial charge in [-0.2, -0.15) is 18.3 Å². The standard InChI is InChI=1S/C22H21F3N4O2/c1-13-5-3-4-6-16(13)27-21(30)18-12-20-26-17(14-7-9-15(31-2)10-8-14)11-19(22(23,24)25)29(20)28-18/h3-10,12,17,19,26H,11H2,1-2H3,(H,27,30). The summed E-state index contributed by atoms with van der Waals surface area (Å²) in [5.74, 6) is 0.191. The Balaban J connectivity index is 1.64. The van der Waals surface area contributed by atoms with Crippen LogP contribution in [-0.4, -0.2) is 29.0 Å². The minimum atomic E-state index is -4.52. The van der Waals surface area contributed by atoms with E-state index in [1.807, 2.05) is 19.1 Å². The smallest absolute Gasteiger partial charge is 0.410 e. The van der Waals surface area contributed by atoms with Gasteiger partial charge in [-0.3, -0.25) is 4.79 Å². The Hall–Kier alpha value is -3.49. The van der Waals surface area contributed by atoms with Crippen molar-refractivity contribution in [2.45, 2.75) is 31.6 Å². The molecule has 9 heteroatoms. The maximum Gasteiger partial charge on any atom is 0.410 e. The molecule has 1 amide bonds. The van der Waals surface area contributed by atoms with E-state index in [0.717, 1.165) is 10.2 Å². The second kappa shape index (κ2) is 7.98. The molecule has 2 aromatic carbocycles. The number of fused-ring (bicyclic) bond motifs is 1. The zero-order valence-corrected chi connectivity index (χ0v) is 16.9. The average Bonchev–Trinajstić information content (AvgIpc) is 3.18. The molecule has 1 aliphatic rings. The first-order valence-corrected chi connectivity index (χ1v) is 9.70. The van der Waals surface area contributed by atoms with Crippen LogP contribution in [0.15, 0.2) is 54.6 Å². The Bertz CT molecular complexity index is 1090. The molecule has 2 N–H and O–H groups in total. The maximum absolute atomic E-state index is 13.8. The summed E-state index contributed by atoms with van der Waals surface area (Å²) in [5, 5.41) is 9.77. The number of para-hydroxylation sites is 1. The fraction of sp³-hybridized carbons (Fsp3) is 0.273. The number of carbonyl (C=O) groups excluding carboxylic acids is 1. The van der Waals surface area contributed by atoms with E-state index in [0.29, 0.717) is 17.0 Å². The van der Waals surface area contributed by atoms with Gasteiger partial charge in [-0.15, -0.1) is 0 Å². The van der Waals surface area contributed by atoms with Gasteiger partial charge in [0.1, 0.15) is 11.6 Å². The lowest BCUT2D eigenvalue weighted by Crippen LogP contribution is -2.35. The number of alkyl halides is 3. The van der Waals surface area contributed by atoms with Crippen molar-refractivity contribution >= 4 is 17.4 Å². The highest BCUT2D eigenvalue weighted by molar-refractivity contribution is 6.03. The van der Waals surface area contributed by atoms with Gasteiger partial charge in [0, 0.05) is 18.2 Å². The Morgan fingerprint density at radius 1 is 1.19 bits per heavy atom. The molecule has 0 radical (unpaired) electrons. The predicted molar refractivity (Wildman–Crippen MR) is 110 cm³/mol. The highest BCUT2D eigenvalue weighted by Crippen LogP contribution is 2.43. The van der Waals surface area contributed by atoms with Gasteiger partial charge < -0.3 is 15.4 Å². The van der Waals surface area contributed by atoms with Gasteiger partial charge in [0.25, 0.3) is 5.91 Å². The molecule has 1 aliphatic heterocycles. The van der Waals surface area contributed by atoms with Crippen LogP contribution in [0.25, 0.3) is 0 Å². The molecule has 1 aromatic heterocycles. The van der Waals surface area contributed by atoms with Crippen molar-refractivity contribution in [1.29, 1.82) is 0 Å². The minimum absolute atomic E-state index is 0.0876. The monoisotopic (exact) mass is 430 g/mol. The van der Waals surface area contributed by atoms with Crippen LogP contribution >= 0.6 is 0 Å². The summed E-state index contributed by atoms with van der Waals surface area (Å²) in [6, 6.07) is 12.9.